The number of methoxy groups -OCH3 is 1. The zero-order valence-corrected chi connectivity index (χ0v) is 13.9. The number of ether oxygens (including phenoxy) is 1. The number of rotatable bonds is 9. The van der Waals surface area contributed by atoms with Gasteiger partial charge < -0.3 is 15.0 Å². The van der Waals surface area contributed by atoms with Crippen LogP contribution < -0.4 is 10.2 Å². The summed E-state index contributed by atoms with van der Waals surface area (Å²) in [5, 5.41) is 3.29. The molecule has 0 radical (unpaired) electrons. The van der Waals surface area contributed by atoms with E-state index in [0.29, 0.717) is 25.1 Å². The molecule has 4 heteroatoms. The minimum absolute atomic E-state index is 0.188. The Hall–Kier alpha value is -1.13. The van der Waals surface area contributed by atoms with Gasteiger partial charge in [0.05, 0.1) is 6.61 Å². The Bertz CT molecular complexity index is 423. The first-order chi connectivity index (χ1) is 9.95. The monoisotopic (exact) mass is 296 g/mol. The molecule has 1 rings (SSSR count). The van der Waals surface area contributed by atoms with E-state index in [4.69, 9.17) is 4.74 Å². The van der Waals surface area contributed by atoms with Crippen LogP contribution in [0.1, 0.15) is 32.8 Å². The van der Waals surface area contributed by atoms with E-state index >= 15 is 0 Å². The van der Waals surface area contributed by atoms with E-state index in [1.54, 1.807) is 13.2 Å². The molecule has 0 saturated heterocycles. The van der Waals surface area contributed by atoms with E-state index in [1.807, 2.05) is 6.07 Å². The number of hydrogen-bond donors (Lipinski definition) is 1. The number of benzene rings is 1. The smallest absolute Gasteiger partial charge is 0.123 e. The van der Waals surface area contributed by atoms with Crippen LogP contribution in [-0.4, -0.2) is 33.4 Å². The molecule has 0 aromatic heterocycles. The maximum atomic E-state index is 13.5. The van der Waals surface area contributed by atoms with Gasteiger partial charge in [0.2, 0.25) is 0 Å². The summed E-state index contributed by atoms with van der Waals surface area (Å²) in [7, 11) is 3.76. The molecule has 0 aliphatic heterocycles. The molecule has 0 fully saturated rings. The van der Waals surface area contributed by atoms with Gasteiger partial charge in [-0.1, -0.05) is 13.8 Å². The van der Waals surface area contributed by atoms with Crippen LogP contribution in [0.4, 0.5) is 10.1 Å². The van der Waals surface area contributed by atoms with E-state index in [1.165, 1.54) is 6.07 Å². The maximum Gasteiger partial charge on any atom is 0.123 e. The lowest BCUT2D eigenvalue weighted by Crippen LogP contribution is -2.31. The van der Waals surface area contributed by atoms with Crippen molar-refractivity contribution < 1.29 is 9.13 Å². The number of hydrogen-bond acceptors (Lipinski definition) is 3. The van der Waals surface area contributed by atoms with E-state index < -0.39 is 0 Å². The average molecular weight is 296 g/mol. The third kappa shape index (κ3) is 6.02. The zero-order chi connectivity index (χ0) is 15.8. The van der Waals surface area contributed by atoms with Gasteiger partial charge in [-0.05, 0) is 43.0 Å². The molecule has 1 unspecified atom stereocenters. The maximum absolute atomic E-state index is 13.5. The number of anilines is 1. The first-order valence-electron chi connectivity index (χ1n) is 7.66. The predicted octanol–water partition coefficient (Wildman–Crippen LogP) is 3.43. The number of nitrogens with one attached hydrogen (secondary N) is 1. The summed E-state index contributed by atoms with van der Waals surface area (Å²) in [5.74, 6) is 0.457. The summed E-state index contributed by atoms with van der Waals surface area (Å²) in [6.45, 7) is 8.73. The van der Waals surface area contributed by atoms with E-state index in [-0.39, 0.29) is 5.82 Å². The lowest BCUT2D eigenvalue weighted by molar-refractivity contribution is 0.199. The Balaban J connectivity index is 2.79. The first-order valence-corrected chi connectivity index (χ1v) is 7.66. The standard InChI is InChI=1S/C17H29FN2O/c1-13(2)10-14(3)20(4)17-7-6-16(18)11-15(17)12-19-8-9-21-5/h6-7,11,13-14,19H,8-10,12H2,1-5H3. The lowest BCUT2D eigenvalue weighted by Gasteiger charge is -2.30. The molecule has 0 heterocycles. The van der Waals surface area contributed by atoms with Crippen LogP contribution in [-0.2, 0) is 11.3 Å². The highest BCUT2D eigenvalue weighted by molar-refractivity contribution is 5.54. The highest BCUT2D eigenvalue weighted by Gasteiger charge is 2.15. The highest BCUT2D eigenvalue weighted by Crippen LogP contribution is 2.24. The van der Waals surface area contributed by atoms with Gasteiger partial charge in [0.25, 0.3) is 0 Å². The number of halogens is 1. The Morgan fingerprint density at radius 2 is 2.00 bits per heavy atom. The quantitative estimate of drug-likeness (QED) is 0.707. The van der Waals surface area contributed by atoms with Gasteiger partial charge in [-0.25, -0.2) is 4.39 Å². The van der Waals surface area contributed by atoms with Gasteiger partial charge in [-0.3, -0.25) is 0 Å². The van der Waals surface area contributed by atoms with Crippen LogP contribution in [0.2, 0.25) is 0 Å². The van der Waals surface area contributed by atoms with Crippen molar-refractivity contribution >= 4 is 5.69 Å². The van der Waals surface area contributed by atoms with Crippen molar-refractivity contribution in [3.8, 4) is 0 Å². The molecule has 21 heavy (non-hydrogen) atoms. The van der Waals surface area contributed by atoms with Crippen molar-refractivity contribution in [1.29, 1.82) is 0 Å². The van der Waals surface area contributed by atoms with E-state index in [9.17, 15) is 4.39 Å². The molecule has 1 N–H and O–H groups in total. The minimum atomic E-state index is -0.188. The molecule has 0 saturated carbocycles. The predicted molar refractivity (Wildman–Crippen MR) is 87.3 cm³/mol. The summed E-state index contributed by atoms with van der Waals surface area (Å²) in [6, 6.07) is 5.45. The fourth-order valence-electron chi connectivity index (χ4n) is 2.51. The second kappa shape index (κ2) is 9.00. The van der Waals surface area contributed by atoms with Gasteiger partial charge in [-0.2, -0.15) is 0 Å². The Kier molecular flexibility index (Phi) is 7.68. The summed E-state index contributed by atoms with van der Waals surface area (Å²) >= 11 is 0. The van der Waals surface area contributed by atoms with Crippen LogP contribution in [0.15, 0.2) is 18.2 Å². The fraction of sp³-hybridized carbons (Fsp3) is 0.647. The zero-order valence-electron chi connectivity index (χ0n) is 13.9. The van der Waals surface area contributed by atoms with Gasteiger partial charge in [0.15, 0.2) is 0 Å². The Labute approximate surface area is 128 Å². The van der Waals surface area contributed by atoms with Gasteiger partial charge in [0, 0.05) is 39.0 Å². The van der Waals surface area contributed by atoms with Crippen LogP contribution in [0.5, 0.6) is 0 Å². The Morgan fingerprint density at radius 3 is 2.62 bits per heavy atom. The second-order valence-electron chi connectivity index (χ2n) is 6.03. The van der Waals surface area contributed by atoms with Crippen LogP contribution in [0.25, 0.3) is 0 Å². The molecular formula is C17H29FN2O. The van der Waals surface area contributed by atoms with Crippen LogP contribution >= 0.6 is 0 Å². The normalized spacial score (nSPS) is 12.7. The van der Waals surface area contributed by atoms with E-state index in [0.717, 1.165) is 24.2 Å². The van der Waals surface area contributed by atoms with Crippen LogP contribution in [0.3, 0.4) is 0 Å². The van der Waals surface area contributed by atoms with E-state index in [2.05, 4.69) is 38.0 Å². The molecule has 1 atom stereocenters. The Morgan fingerprint density at radius 1 is 1.29 bits per heavy atom. The summed E-state index contributed by atoms with van der Waals surface area (Å²) < 4.78 is 18.5. The first kappa shape index (κ1) is 17.9. The molecule has 120 valence electrons. The molecule has 0 bridgehead atoms. The topological polar surface area (TPSA) is 24.5 Å². The second-order valence-corrected chi connectivity index (χ2v) is 6.03. The fourth-order valence-corrected chi connectivity index (χ4v) is 2.51. The summed E-state index contributed by atoms with van der Waals surface area (Å²) in [4.78, 5) is 2.24. The third-order valence-corrected chi connectivity index (χ3v) is 3.69. The minimum Gasteiger partial charge on any atom is -0.383 e. The third-order valence-electron chi connectivity index (χ3n) is 3.69. The largest absolute Gasteiger partial charge is 0.383 e. The van der Waals surface area contributed by atoms with Gasteiger partial charge >= 0.3 is 0 Å². The molecule has 0 aliphatic rings. The van der Waals surface area contributed by atoms with Gasteiger partial charge in [0.1, 0.15) is 5.82 Å². The molecule has 1 aromatic carbocycles. The molecule has 3 nitrogen and oxygen atoms in total. The van der Waals surface area contributed by atoms with Crippen molar-refractivity contribution in [2.24, 2.45) is 5.92 Å². The van der Waals surface area contributed by atoms with Crippen molar-refractivity contribution in [3.63, 3.8) is 0 Å². The van der Waals surface area contributed by atoms with Crippen molar-refractivity contribution in [3.05, 3.63) is 29.6 Å². The highest BCUT2D eigenvalue weighted by atomic mass is 19.1. The average Bonchev–Trinajstić information content (AvgIpc) is 2.42. The molecule has 0 aliphatic carbocycles. The van der Waals surface area contributed by atoms with Crippen molar-refractivity contribution in [2.75, 3.05) is 32.2 Å². The van der Waals surface area contributed by atoms with Crippen LogP contribution in [0, 0.1) is 11.7 Å². The van der Waals surface area contributed by atoms with Crippen molar-refractivity contribution in [1.82, 2.24) is 5.32 Å². The van der Waals surface area contributed by atoms with Crippen molar-refractivity contribution in [2.45, 2.75) is 39.8 Å². The SMILES string of the molecule is COCCNCc1cc(F)ccc1N(C)C(C)CC(C)C. The molecule has 0 spiro atoms. The van der Waals surface area contributed by atoms with Gasteiger partial charge in [-0.15, -0.1) is 0 Å². The summed E-state index contributed by atoms with van der Waals surface area (Å²) in [5.41, 5.74) is 2.08. The lowest BCUT2D eigenvalue weighted by atomic mass is 10.0. The summed E-state index contributed by atoms with van der Waals surface area (Å²) in [6.07, 6.45) is 1.12. The molecular weight excluding hydrogens is 267 g/mol. The molecule has 1 aromatic rings. The number of nitrogens with zero attached hydrogens (tertiary/aromatic N) is 1. The molecule has 0 amide bonds.